The Morgan fingerprint density at radius 2 is 1.85 bits per heavy atom. The summed E-state index contributed by atoms with van der Waals surface area (Å²) in [6.07, 6.45) is 0.154. The highest BCUT2D eigenvalue weighted by Crippen LogP contribution is 2.35. The van der Waals surface area contributed by atoms with Gasteiger partial charge in [0, 0.05) is 22.0 Å². The molecule has 0 aliphatic rings. The van der Waals surface area contributed by atoms with Gasteiger partial charge in [0.1, 0.15) is 17.3 Å². The van der Waals surface area contributed by atoms with Crippen molar-refractivity contribution in [3.8, 4) is 11.5 Å². The molecule has 0 heterocycles. The van der Waals surface area contributed by atoms with E-state index in [1.807, 2.05) is 0 Å². The van der Waals surface area contributed by atoms with E-state index in [1.54, 1.807) is 13.8 Å². The van der Waals surface area contributed by atoms with Gasteiger partial charge in [0.05, 0.1) is 7.11 Å². The summed E-state index contributed by atoms with van der Waals surface area (Å²) >= 11 is 12.5. The molecule has 0 bridgehead atoms. The Balaban J connectivity index is 2.31. The molecular weight excluding hydrogens is 382 g/mol. The number of halogens is 3. The van der Waals surface area contributed by atoms with Crippen molar-refractivity contribution in [2.75, 3.05) is 13.7 Å². The van der Waals surface area contributed by atoms with Crippen molar-refractivity contribution >= 4 is 29.2 Å². The van der Waals surface area contributed by atoms with E-state index in [0.717, 1.165) is 0 Å². The van der Waals surface area contributed by atoms with Crippen LogP contribution in [0.25, 0.3) is 0 Å². The maximum Gasteiger partial charge on any atom is 0.343 e. The Bertz CT molecular complexity index is 798. The first kappa shape index (κ1) is 20.3. The van der Waals surface area contributed by atoms with Crippen molar-refractivity contribution in [1.29, 1.82) is 0 Å². The first-order valence-corrected chi connectivity index (χ1v) is 8.68. The van der Waals surface area contributed by atoms with Crippen LogP contribution < -0.4 is 4.74 Å². The van der Waals surface area contributed by atoms with Crippen LogP contribution in [0.15, 0.2) is 24.3 Å². The van der Waals surface area contributed by atoms with Crippen LogP contribution in [0.4, 0.5) is 4.39 Å². The number of benzene rings is 2. The summed E-state index contributed by atoms with van der Waals surface area (Å²) in [5.41, 5.74) is 1.16. The predicted octanol–water partition coefficient (Wildman–Crippen LogP) is 5.10. The second kappa shape index (κ2) is 8.60. The van der Waals surface area contributed by atoms with E-state index in [-0.39, 0.29) is 40.3 Å². The van der Waals surface area contributed by atoms with Gasteiger partial charge in [-0.1, -0.05) is 43.1 Å². The normalized spacial score (nSPS) is 10.9. The summed E-state index contributed by atoms with van der Waals surface area (Å²) in [4.78, 5) is 11.1. The second-order valence-corrected chi connectivity index (χ2v) is 6.85. The van der Waals surface area contributed by atoms with Gasteiger partial charge in [0.15, 0.2) is 6.61 Å². The molecule has 0 spiro atoms. The molecule has 0 unspecified atom stereocenters. The van der Waals surface area contributed by atoms with E-state index >= 15 is 0 Å². The molecule has 0 fully saturated rings. The van der Waals surface area contributed by atoms with Gasteiger partial charge in [-0.2, -0.15) is 0 Å². The standard InChI is InChI=1S/C19H19Cl2FO4/c1-10(2)18-16(23)5-4-11(19(18)22)6-13-14(20)7-12(8-15(13)21)26-9-17(24)25-3/h4-5,7-8,10,23H,6,9H2,1-3H3. The number of ether oxygens (including phenoxy) is 2. The maximum atomic E-state index is 14.7. The molecule has 0 saturated carbocycles. The first-order valence-electron chi connectivity index (χ1n) is 7.92. The van der Waals surface area contributed by atoms with Gasteiger partial charge in [-0.05, 0) is 35.2 Å². The van der Waals surface area contributed by atoms with E-state index in [0.29, 0.717) is 16.9 Å². The summed E-state index contributed by atoms with van der Waals surface area (Å²) in [7, 11) is 1.26. The highest BCUT2D eigenvalue weighted by molar-refractivity contribution is 6.36. The third-order valence-electron chi connectivity index (χ3n) is 3.88. The smallest absolute Gasteiger partial charge is 0.343 e. The molecule has 2 aromatic rings. The summed E-state index contributed by atoms with van der Waals surface area (Å²) in [6.45, 7) is 3.33. The zero-order valence-electron chi connectivity index (χ0n) is 14.6. The fourth-order valence-electron chi connectivity index (χ4n) is 2.54. The number of aromatic hydroxyl groups is 1. The number of hydrogen-bond acceptors (Lipinski definition) is 4. The van der Waals surface area contributed by atoms with Crippen LogP contribution in [0.2, 0.25) is 10.0 Å². The molecule has 0 amide bonds. The molecule has 4 nitrogen and oxygen atoms in total. The number of rotatable bonds is 6. The van der Waals surface area contributed by atoms with Crippen LogP contribution in [0, 0.1) is 5.82 Å². The average molecular weight is 401 g/mol. The van der Waals surface area contributed by atoms with Crippen molar-refractivity contribution in [3.63, 3.8) is 0 Å². The molecule has 2 rings (SSSR count). The molecule has 7 heteroatoms. The lowest BCUT2D eigenvalue weighted by Gasteiger charge is -2.15. The molecule has 0 atom stereocenters. The summed E-state index contributed by atoms with van der Waals surface area (Å²) in [6, 6.07) is 5.98. The first-order chi connectivity index (χ1) is 12.2. The number of methoxy groups -OCH3 is 1. The van der Waals surface area contributed by atoms with Crippen molar-refractivity contribution in [1.82, 2.24) is 0 Å². The van der Waals surface area contributed by atoms with E-state index in [4.69, 9.17) is 27.9 Å². The minimum absolute atomic E-state index is 0.0787. The maximum absolute atomic E-state index is 14.7. The van der Waals surface area contributed by atoms with Crippen LogP contribution in [0.1, 0.15) is 36.5 Å². The number of hydrogen-bond donors (Lipinski definition) is 1. The highest BCUT2D eigenvalue weighted by Gasteiger charge is 2.18. The molecule has 0 saturated heterocycles. The van der Waals surface area contributed by atoms with Crippen LogP contribution in [-0.2, 0) is 16.0 Å². The molecule has 2 aromatic carbocycles. The van der Waals surface area contributed by atoms with Crippen molar-refractivity contribution in [2.45, 2.75) is 26.2 Å². The Kier molecular flexibility index (Phi) is 6.73. The Morgan fingerprint density at radius 1 is 1.23 bits per heavy atom. The predicted molar refractivity (Wildman–Crippen MR) is 98.9 cm³/mol. The van der Waals surface area contributed by atoms with Crippen LogP contribution in [-0.4, -0.2) is 24.8 Å². The van der Waals surface area contributed by atoms with E-state index in [2.05, 4.69) is 4.74 Å². The molecule has 1 N–H and O–H groups in total. The zero-order chi connectivity index (χ0) is 19.4. The molecule has 0 radical (unpaired) electrons. The van der Waals surface area contributed by atoms with Gasteiger partial charge in [-0.3, -0.25) is 0 Å². The molecule has 0 aliphatic heterocycles. The third-order valence-corrected chi connectivity index (χ3v) is 4.55. The SMILES string of the molecule is COC(=O)COc1cc(Cl)c(Cc2ccc(O)c(C(C)C)c2F)c(Cl)c1. The quantitative estimate of drug-likeness (QED) is 0.684. The average Bonchev–Trinajstić information content (AvgIpc) is 2.57. The molecule has 26 heavy (non-hydrogen) atoms. The highest BCUT2D eigenvalue weighted by atomic mass is 35.5. The summed E-state index contributed by atoms with van der Waals surface area (Å²) < 4.78 is 24.5. The summed E-state index contributed by atoms with van der Waals surface area (Å²) in [5.74, 6) is -0.949. The molecule has 140 valence electrons. The fourth-order valence-corrected chi connectivity index (χ4v) is 3.14. The van der Waals surface area contributed by atoms with Crippen LogP contribution in [0.5, 0.6) is 11.5 Å². The molecular formula is C19H19Cl2FO4. The molecule has 0 aliphatic carbocycles. The Labute approximate surface area is 161 Å². The largest absolute Gasteiger partial charge is 0.508 e. The van der Waals surface area contributed by atoms with Gasteiger partial charge in [-0.25, -0.2) is 9.18 Å². The monoisotopic (exact) mass is 400 g/mol. The van der Waals surface area contributed by atoms with Gasteiger partial charge in [0.2, 0.25) is 0 Å². The van der Waals surface area contributed by atoms with E-state index < -0.39 is 11.8 Å². The minimum Gasteiger partial charge on any atom is -0.508 e. The molecule has 0 aromatic heterocycles. The topological polar surface area (TPSA) is 55.8 Å². The Hall–Kier alpha value is -1.98. The number of carbonyl (C=O) groups is 1. The minimum atomic E-state index is -0.534. The van der Waals surface area contributed by atoms with Gasteiger partial charge < -0.3 is 14.6 Å². The zero-order valence-corrected chi connectivity index (χ0v) is 16.1. The lowest BCUT2D eigenvalue weighted by atomic mass is 9.95. The van der Waals surface area contributed by atoms with Gasteiger partial charge in [-0.15, -0.1) is 0 Å². The lowest BCUT2D eigenvalue weighted by Crippen LogP contribution is -2.12. The van der Waals surface area contributed by atoms with Crippen LogP contribution in [0.3, 0.4) is 0 Å². The second-order valence-electron chi connectivity index (χ2n) is 6.03. The number of phenols is 1. The summed E-state index contributed by atoms with van der Waals surface area (Å²) in [5, 5.41) is 10.5. The third kappa shape index (κ3) is 4.59. The van der Waals surface area contributed by atoms with Gasteiger partial charge >= 0.3 is 5.97 Å². The fraction of sp³-hybridized carbons (Fsp3) is 0.316. The van der Waals surface area contributed by atoms with Gasteiger partial charge in [0.25, 0.3) is 0 Å². The van der Waals surface area contributed by atoms with E-state index in [1.165, 1.54) is 31.4 Å². The number of esters is 1. The van der Waals surface area contributed by atoms with Crippen molar-refractivity contribution < 1.29 is 23.8 Å². The Morgan fingerprint density at radius 3 is 2.38 bits per heavy atom. The van der Waals surface area contributed by atoms with E-state index in [9.17, 15) is 14.3 Å². The number of carbonyl (C=O) groups excluding carboxylic acids is 1. The number of phenolic OH excluding ortho intramolecular Hbond substituents is 1. The van der Waals surface area contributed by atoms with Crippen LogP contribution >= 0.6 is 23.2 Å². The van der Waals surface area contributed by atoms with Crippen molar-refractivity contribution in [2.24, 2.45) is 0 Å². The van der Waals surface area contributed by atoms with Crippen molar-refractivity contribution in [3.05, 3.63) is 56.8 Å². The lowest BCUT2D eigenvalue weighted by molar-refractivity contribution is -0.142.